The fraction of sp³-hybridized carbons (Fsp3) is 1.00. The molecule has 0 amide bonds. The van der Waals surface area contributed by atoms with Crippen LogP contribution in [0.3, 0.4) is 0 Å². The Hall–Kier alpha value is 2.19. The van der Waals surface area contributed by atoms with Gasteiger partial charge in [0.15, 0.2) is 0 Å². The van der Waals surface area contributed by atoms with Crippen LogP contribution in [0.4, 0.5) is 0 Å². The van der Waals surface area contributed by atoms with E-state index in [-0.39, 0.29) is 71.9 Å². The first kappa shape index (κ1) is 22.8. The van der Waals surface area contributed by atoms with Crippen molar-refractivity contribution in [1.29, 1.82) is 0 Å². The molecule has 0 bridgehead atoms. The third kappa shape index (κ3) is 22.5. The third-order valence-corrected chi connectivity index (χ3v) is 1.21. The number of hydrogen-bond donors (Lipinski definition) is 0. The lowest BCUT2D eigenvalue weighted by Crippen LogP contribution is -1.70. The molecule has 0 heterocycles. The molecule has 0 aliphatic heterocycles. The third-order valence-electron chi connectivity index (χ3n) is 1.21. The Morgan fingerprint density at radius 3 is 1.10 bits per heavy atom. The maximum atomic E-state index is 2.25. The quantitative estimate of drug-likeness (QED) is 0.397. The second-order valence-electron chi connectivity index (χ2n) is 2.06. The van der Waals surface area contributed by atoms with E-state index < -0.39 is 0 Å². The van der Waals surface area contributed by atoms with E-state index in [1.54, 1.807) is 0 Å². The highest BCUT2D eigenvalue weighted by atomic mass is 127. The lowest BCUT2D eigenvalue weighted by molar-refractivity contribution is 0.656. The van der Waals surface area contributed by atoms with Gasteiger partial charge in [0.25, 0.3) is 0 Å². The molecule has 0 fully saturated rings. The van der Waals surface area contributed by atoms with Gasteiger partial charge in [-0.3, -0.25) is 0 Å². The first-order chi connectivity index (χ1) is 3.41. The second kappa shape index (κ2) is 22.5. The number of hydrogen-bond acceptors (Lipinski definition) is 0. The van der Waals surface area contributed by atoms with Crippen LogP contribution in [0.15, 0.2) is 0 Å². The molecule has 0 N–H and O–H groups in total. The van der Waals surface area contributed by atoms with Crippen molar-refractivity contribution in [1.82, 2.24) is 0 Å². The van der Waals surface area contributed by atoms with Crippen LogP contribution in [0.1, 0.15) is 46.0 Å². The lowest BCUT2D eigenvalue weighted by Gasteiger charge is -1.90. The Morgan fingerprint density at radius 2 is 0.900 bits per heavy atom. The highest BCUT2D eigenvalue weighted by Gasteiger charge is 1.80. The van der Waals surface area contributed by atoms with Gasteiger partial charge in [-0.15, -0.1) is 71.9 Å². The molecular formula is C7H19I3. The summed E-state index contributed by atoms with van der Waals surface area (Å²) < 4.78 is 0. The molecule has 0 aliphatic rings. The van der Waals surface area contributed by atoms with Gasteiger partial charge in [0.2, 0.25) is 0 Å². The van der Waals surface area contributed by atoms with Gasteiger partial charge in [-0.25, -0.2) is 0 Å². The van der Waals surface area contributed by atoms with Gasteiger partial charge in [-0.1, -0.05) is 46.0 Å². The molecule has 10 heavy (non-hydrogen) atoms. The summed E-state index contributed by atoms with van der Waals surface area (Å²) in [5, 5.41) is 0. The largest absolute Gasteiger partial charge is 0.107 e. The smallest absolute Gasteiger partial charge is 0.0533 e. The molecule has 0 saturated heterocycles. The predicted molar refractivity (Wildman–Crippen MR) is 80.7 cm³/mol. The van der Waals surface area contributed by atoms with Crippen molar-refractivity contribution in [3.8, 4) is 0 Å². The molecular weight excluding hydrogens is 465 g/mol. The summed E-state index contributed by atoms with van der Waals surface area (Å²) in [7, 11) is 0. The number of unbranched alkanes of at least 4 members (excludes halogenated alkanes) is 4. The van der Waals surface area contributed by atoms with E-state index in [1.165, 1.54) is 32.1 Å². The van der Waals surface area contributed by atoms with Gasteiger partial charge in [-0.05, 0) is 0 Å². The van der Waals surface area contributed by atoms with Crippen molar-refractivity contribution in [2.75, 3.05) is 0 Å². The van der Waals surface area contributed by atoms with Crippen molar-refractivity contribution in [3.63, 3.8) is 0 Å². The van der Waals surface area contributed by atoms with Gasteiger partial charge in [-0.2, -0.15) is 0 Å². The van der Waals surface area contributed by atoms with Crippen LogP contribution in [-0.2, 0) is 0 Å². The van der Waals surface area contributed by atoms with Crippen LogP contribution in [-0.4, -0.2) is 0 Å². The van der Waals surface area contributed by atoms with E-state index in [4.69, 9.17) is 0 Å². The van der Waals surface area contributed by atoms with Crippen molar-refractivity contribution >= 4 is 71.9 Å². The van der Waals surface area contributed by atoms with E-state index in [2.05, 4.69) is 13.8 Å². The summed E-state index contributed by atoms with van der Waals surface area (Å²) in [5.74, 6) is 0. The normalized spacial score (nSPS) is 6.60. The van der Waals surface area contributed by atoms with E-state index in [9.17, 15) is 0 Å². The highest BCUT2D eigenvalue weighted by molar-refractivity contribution is 14.0. The predicted octanol–water partition coefficient (Wildman–Crippen LogP) is 4.83. The Labute approximate surface area is 116 Å². The van der Waals surface area contributed by atoms with Crippen LogP contribution < -0.4 is 0 Å². The standard InChI is InChI=1S/C7H16.3HI/c1-3-5-7-6-4-2;;;/h3-7H2,1-2H3;3*1H. The SMILES string of the molecule is CCCCCCC.I.I.I. The van der Waals surface area contributed by atoms with Crippen molar-refractivity contribution < 1.29 is 0 Å². The molecule has 68 valence electrons. The fourth-order valence-corrected chi connectivity index (χ4v) is 0.677. The van der Waals surface area contributed by atoms with Crippen LogP contribution >= 0.6 is 71.9 Å². The molecule has 0 nitrogen and oxygen atoms in total. The molecule has 0 aromatic rings. The molecule has 0 saturated carbocycles. The zero-order valence-electron chi connectivity index (χ0n) is 6.76. The molecule has 0 unspecified atom stereocenters. The van der Waals surface area contributed by atoms with Crippen LogP contribution in [0, 0.1) is 0 Å². The minimum atomic E-state index is 0. The van der Waals surface area contributed by atoms with E-state index in [1.807, 2.05) is 0 Å². The van der Waals surface area contributed by atoms with Crippen molar-refractivity contribution in [2.45, 2.75) is 46.0 Å². The summed E-state index contributed by atoms with van der Waals surface area (Å²) in [6.07, 6.45) is 7.01. The first-order valence-corrected chi connectivity index (χ1v) is 3.41. The Balaban J connectivity index is -0.0000000600. The molecule has 0 aliphatic carbocycles. The molecule has 0 radical (unpaired) electrons. The fourth-order valence-electron chi connectivity index (χ4n) is 0.677. The Bertz CT molecular complexity index is 28.0. The van der Waals surface area contributed by atoms with Crippen LogP contribution in [0.25, 0.3) is 0 Å². The zero-order valence-corrected chi connectivity index (χ0v) is 13.8. The summed E-state index contributed by atoms with van der Waals surface area (Å²) in [4.78, 5) is 0. The maximum absolute atomic E-state index is 2.25. The second-order valence-corrected chi connectivity index (χ2v) is 2.06. The minimum absolute atomic E-state index is 0. The monoisotopic (exact) mass is 484 g/mol. The topological polar surface area (TPSA) is 0 Å². The van der Waals surface area contributed by atoms with Crippen LogP contribution in [0.5, 0.6) is 0 Å². The molecule has 0 spiro atoms. The van der Waals surface area contributed by atoms with Crippen molar-refractivity contribution in [3.05, 3.63) is 0 Å². The molecule has 0 aromatic heterocycles. The van der Waals surface area contributed by atoms with Gasteiger partial charge in [0.1, 0.15) is 0 Å². The average molecular weight is 484 g/mol. The zero-order chi connectivity index (χ0) is 5.54. The first-order valence-electron chi connectivity index (χ1n) is 3.41. The van der Waals surface area contributed by atoms with Gasteiger partial charge >= 0.3 is 0 Å². The average Bonchev–Trinajstić information content (AvgIpc) is 1.69. The molecule has 3 heteroatoms. The highest BCUT2D eigenvalue weighted by Crippen LogP contribution is 2.00. The summed E-state index contributed by atoms with van der Waals surface area (Å²) >= 11 is 0. The summed E-state index contributed by atoms with van der Waals surface area (Å²) in [6, 6.07) is 0. The van der Waals surface area contributed by atoms with Crippen LogP contribution in [0.2, 0.25) is 0 Å². The lowest BCUT2D eigenvalue weighted by atomic mass is 10.2. The summed E-state index contributed by atoms with van der Waals surface area (Å²) in [5.41, 5.74) is 0. The Kier molecular flexibility index (Phi) is 51.1. The number of halogens is 3. The Morgan fingerprint density at radius 1 is 0.600 bits per heavy atom. The minimum Gasteiger partial charge on any atom is -0.107 e. The van der Waals surface area contributed by atoms with Crippen molar-refractivity contribution in [2.24, 2.45) is 0 Å². The summed E-state index contributed by atoms with van der Waals surface area (Å²) in [6.45, 7) is 4.49. The maximum Gasteiger partial charge on any atom is -0.0533 e. The number of rotatable bonds is 4. The van der Waals surface area contributed by atoms with E-state index in [0.717, 1.165) is 0 Å². The van der Waals surface area contributed by atoms with Gasteiger partial charge < -0.3 is 0 Å². The molecule has 0 rings (SSSR count). The van der Waals surface area contributed by atoms with E-state index in [0.29, 0.717) is 0 Å². The van der Waals surface area contributed by atoms with E-state index >= 15 is 0 Å². The molecule has 0 aromatic carbocycles. The molecule has 0 atom stereocenters. The van der Waals surface area contributed by atoms with Gasteiger partial charge in [0.05, 0.1) is 0 Å². The van der Waals surface area contributed by atoms with Gasteiger partial charge in [0, 0.05) is 0 Å².